The predicted octanol–water partition coefficient (Wildman–Crippen LogP) is 4.85. The summed E-state index contributed by atoms with van der Waals surface area (Å²) in [6, 6.07) is 5.82. The molecule has 1 aromatic carbocycles. The molecule has 1 saturated carbocycles. The Labute approximate surface area is 128 Å². The highest BCUT2D eigenvalue weighted by Crippen LogP contribution is 2.34. The van der Waals surface area contributed by atoms with Gasteiger partial charge in [0.1, 0.15) is 0 Å². The van der Waals surface area contributed by atoms with Gasteiger partial charge in [-0.3, -0.25) is 0 Å². The van der Waals surface area contributed by atoms with Gasteiger partial charge in [-0.05, 0) is 59.3 Å². The Morgan fingerprint density at radius 3 is 2.89 bits per heavy atom. The van der Waals surface area contributed by atoms with Crippen LogP contribution in [-0.4, -0.2) is 17.3 Å². The lowest BCUT2D eigenvalue weighted by atomic mass is 9.90. The van der Waals surface area contributed by atoms with E-state index in [9.17, 15) is 5.11 Å². The van der Waals surface area contributed by atoms with Crippen molar-refractivity contribution >= 4 is 33.2 Å². The first-order valence-corrected chi connectivity index (χ1v) is 8.06. The zero-order valence-electron chi connectivity index (χ0n) is 11.3. The van der Waals surface area contributed by atoms with Crippen LogP contribution >= 0.6 is 27.5 Å². The molecule has 0 radical (unpaired) electrons. The van der Waals surface area contributed by atoms with E-state index in [0.717, 1.165) is 28.9 Å². The lowest BCUT2D eigenvalue weighted by molar-refractivity contribution is 0.194. The summed E-state index contributed by atoms with van der Waals surface area (Å²) in [5, 5.41) is 14.1. The molecule has 106 valence electrons. The lowest BCUT2D eigenvalue weighted by Gasteiger charge is -2.33. The number of rotatable bonds is 3. The molecule has 19 heavy (non-hydrogen) atoms. The topological polar surface area (TPSA) is 32.3 Å². The molecule has 2 nitrogen and oxygen atoms in total. The number of anilines is 1. The number of aliphatic hydroxyl groups excluding tert-OH is 1. The van der Waals surface area contributed by atoms with Crippen molar-refractivity contribution in [3.8, 4) is 0 Å². The molecule has 0 aromatic heterocycles. The molecule has 4 heteroatoms. The summed E-state index contributed by atoms with van der Waals surface area (Å²) in [7, 11) is 0. The van der Waals surface area contributed by atoms with Crippen molar-refractivity contribution in [3.63, 3.8) is 0 Å². The van der Waals surface area contributed by atoms with Gasteiger partial charge in [0, 0.05) is 10.2 Å². The summed E-state index contributed by atoms with van der Waals surface area (Å²) in [4.78, 5) is 0. The van der Waals surface area contributed by atoms with E-state index >= 15 is 0 Å². The Morgan fingerprint density at radius 2 is 2.21 bits per heavy atom. The van der Waals surface area contributed by atoms with Gasteiger partial charge < -0.3 is 10.4 Å². The first kappa shape index (κ1) is 15.1. The van der Waals surface area contributed by atoms with Crippen LogP contribution in [0.2, 0.25) is 5.02 Å². The van der Waals surface area contributed by atoms with Crippen LogP contribution in [0.3, 0.4) is 0 Å². The van der Waals surface area contributed by atoms with Crippen molar-refractivity contribution in [1.82, 2.24) is 0 Å². The highest BCUT2D eigenvalue weighted by atomic mass is 79.9. The molecule has 0 amide bonds. The Morgan fingerprint density at radius 1 is 1.42 bits per heavy atom. The minimum atomic E-state index is -0.183. The van der Waals surface area contributed by atoms with Gasteiger partial charge in [0.15, 0.2) is 0 Å². The van der Waals surface area contributed by atoms with Gasteiger partial charge in [-0.25, -0.2) is 0 Å². The van der Waals surface area contributed by atoms with Crippen molar-refractivity contribution in [3.05, 3.63) is 27.7 Å². The van der Waals surface area contributed by atoms with E-state index < -0.39 is 0 Å². The predicted molar refractivity (Wildman–Crippen MR) is 84.8 cm³/mol. The highest BCUT2D eigenvalue weighted by Gasteiger charge is 2.31. The van der Waals surface area contributed by atoms with E-state index in [4.69, 9.17) is 11.6 Å². The SMILES string of the molecule is CC1CCCC(CO)(Nc2ccc(Cl)c(Br)c2)CC1. The van der Waals surface area contributed by atoms with Crippen molar-refractivity contribution < 1.29 is 5.11 Å². The standard InChI is InChI=1S/C15H21BrClNO/c1-11-3-2-7-15(10-19,8-6-11)18-12-4-5-14(17)13(16)9-12/h4-5,9,11,18-19H,2-3,6-8,10H2,1H3. The molecule has 1 aliphatic carbocycles. The normalized spacial score (nSPS) is 27.9. The van der Waals surface area contributed by atoms with Crippen LogP contribution < -0.4 is 5.32 Å². The fraction of sp³-hybridized carbons (Fsp3) is 0.600. The van der Waals surface area contributed by atoms with Crippen LogP contribution in [0.15, 0.2) is 22.7 Å². The van der Waals surface area contributed by atoms with Crippen LogP contribution in [-0.2, 0) is 0 Å². The first-order chi connectivity index (χ1) is 9.04. The van der Waals surface area contributed by atoms with Gasteiger partial charge in [-0.2, -0.15) is 0 Å². The van der Waals surface area contributed by atoms with E-state index in [0.29, 0.717) is 5.02 Å². The van der Waals surface area contributed by atoms with E-state index in [-0.39, 0.29) is 12.1 Å². The van der Waals surface area contributed by atoms with Crippen molar-refractivity contribution in [2.24, 2.45) is 5.92 Å². The summed E-state index contributed by atoms with van der Waals surface area (Å²) in [5.41, 5.74) is 0.831. The Balaban J connectivity index is 2.15. The third kappa shape index (κ3) is 3.87. The first-order valence-electron chi connectivity index (χ1n) is 6.89. The van der Waals surface area contributed by atoms with Gasteiger partial charge >= 0.3 is 0 Å². The molecule has 0 saturated heterocycles. The molecule has 0 bridgehead atoms. The highest BCUT2D eigenvalue weighted by molar-refractivity contribution is 9.10. The molecule has 0 heterocycles. The molecular formula is C15H21BrClNO. The molecule has 0 aliphatic heterocycles. The molecule has 1 aromatic rings. The largest absolute Gasteiger partial charge is 0.394 e. The maximum Gasteiger partial charge on any atom is 0.0661 e. The summed E-state index contributed by atoms with van der Waals surface area (Å²) < 4.78 is 0.884. The quantitative estimate of drug-likeness (QED) is 0.767. The Kier molecular flexibility index (Phi) is 5.15. The number of nitrogens with one attached hydrogen (secondary N) is 1. The Bertz CT molecular complexity index is 440. The maximum absolute atomic E-state index is 9.84. The second-order valence-electron chi connectivity index (χ2n) is 5.73. The maximum atomic E-state index is 9.84. The summed E-state index contributed by atoms with van der Waals surface area (Å²) in [6.07, 6.45) is 5.64. The minimum absolute atomic E-state index is 0.181. The number of aliphatic hydroxyl groups is 1. The molecule has 2 atom stereocenters. The van der Waals surface area contributed by atoms with Crippen molar-refractivity contribution in [2.75, 3.05) is 11.9 Å². The fourth-order valence-corrected chi connectivity index (χ4v) is 3.28. The summed E-state index contributed by atoms with van der Waals surface area (Å²) in [5.74, 6) is 0.757. The smallest absolute Gasteiger partial charge is 0.0661 e. The van der Waals surface area contributed by atoms with E-state index in [1.54, 1.807) is 0 Å². The molecule has 1 aliphatic rings. The van der Waals surface area contributed by atoms with E-state index in [1.807, 2.05) is 18.2 Å². The minimum Gasteiger partial charge on any atom is -0.394 e. The number of hydrogen-bond acceptors (Lipinski definition) is 2. The number of halogens is 2. The summed E-state index contributed by atoms with van der Waals surface area (Å²) in [6.45, 7) is 2.48. The van der Waals surface area contributed by atoms with Crippen molar-refractivity contribution in [1.29, 1.82) is 0 Å². The average Bonchev–Trinajstić information content (AvgIpc) is 2.57. The lowest BCUT2D eigenvalue weighted by Crippen LogP contribution is -2.41. The molecular weight excluding hydrogens is 326 g/mol. The number of benzene rings is 1. The van der Waals surface area contributed by atoms with E-state index in [1.165, 1.54) is 19.3 Å². The van der Waals surface area contributed by atoms with Crippen LogP contribution in [0.1, 0.15) is 39.0 Å². The average molecular weight is 347 g/mol. The number of hydrogen-bond donors (Lipinski definition) is 2. The van der Waals surface area contributed by atoms with Gasteiger partial charge in [0.25, 0.3) is 0 Å². The van der Waals surface area contributed by atoms with Crippen LogP contribution in [0.25, 0.3) is 0 Å². The van der Waals surface area contributed by atoms with Gasteiger partial charge in [-0.1, -0.05) is 31.4 Å². The zero-order valence-corrected chi connectivity index (χ0v) is 13.6. The molecule has 1 fully saturated rings. The third-order valence-corrected chi connectivity index (χ3v) is 5.31. The van der Waals surface area contributed by atoms with Gasteiger partial charge in [0.05, 0.1) is 17.2 Å². The molecule has 2 rings (SSSR count). The van der Waals surface area contributed by atoms with Crippen LogP contribution in [0.5, 0.6) is 0 Å². The van der Waals surface area contributed by atoms with Gasteiger partial charge in [0.2, 0.25) is 0 Å². The van der Waals surface area contributed by atoms with E-state index in [2.05, 4.69) is 28.2 Å². The van der Waals surface area contributed by atoms with Crippen LogP contribution in [0.4, 0.5) is 5.69 Å². The molecule has 2 unspecified atom stereocenters. The second-order valence-corrected chi connectivity index (χ2v) is 6.99. The fourth-order valence-electron chi connectivity index (χ4n) is 2.78. The van der Waals surface area contributed by atoms with Crippen LogP contribution in [0, 0.1) is 5.92 Å². The zero-order chi connectivity index (χ0) is 13.9. The summed E-state index contributed by atoms with van der Waals surface area (Å²) >= 11 is 9.45. The van der Waals surface area contributed by atoms with Crippen molar-refractivity contribution in [2.45, 2.75) is 44.6 Å². The molecule has 0 spiro atoms. The Hall–Kier alpha value is -0.250. The third-order valence-electron chi connectivity index (χ3n) is 4.10. The molecule has 2 N–H and O–H groups in total. The second kappa shape index (κ2) is 6.47. The van der Waals surface area contributed by atoms with Gasteiger partial charge in [-0.15, -0.1) is 0 Å². The monoisotopic (exact) mass is 345 g/mol.